The lowest BCUT2D eigenvalue weighted by Gasteiger charge is -2.32. The van der Waals surface area contributed by atoms with Crippen LogP contribution in [-0.4, -0.2) is 32.9 Å². The molecule has 0 aliphatic carbocycles. The third kappa shape index (κ3) is 4.07. The first-order chi connectivity index (χ1) is 10.4. The van der Waals surface area contributed by atoms with Gasteiger partial charge in [0.2, 0.25) is 10.0 Å². The Labute approximate surface area is 132 Å². The smallest absolute Gasteiger partial charge is 0.215 e. The fraction of sp³-hybridized carbons (Fsp3) is 0.562. The minimum atomic E-state index is -3.38. The third-order valence-electron chi connectivity index (χ3n) is 3.82. The number of nitrogens with zero attached hydrogens (tertiary/aromatic N) is 1. The molecule has 0 aromatic heterocycles. The van der Waals surface area contributed by atoms with Crippen molar-refractivity contribution in [2.24, 2.45) is 5.92 Å². The van der Waals surface area contributed by atoms with Gasteiger partial charge in [-0.3, -0.25) is 0 Å². The molecule has 120 valence electrons. The van der Waals surface area contributed by atoms with Gasteiger partial charge in [0.15, 0.2) is 0 Å². The molecule has 1 fully saturated rings. The van der Waals surface area contributed by atoms with E-state index in [0.29, 0.717) is 31.6 Å². The van der Waals surface area contributed by atoms with Crippen LogP contribution < -0.4 is 4.72 Å². The predicted octanol–water partition coefficient (Wildman–Crippen LogP) is 1.83. The van der Waals surface area contributed by atoms with Gasteiger partial charge in [-0.2, -0.15) is 5.26 Å². The summed E-state index contributed by atoms with van der Waals surface area (Å²) in [5, 5.41) is 8.70. The van der Waals surface area contributed by atoms with Crippen molar-refractivity contribution in [2.75, 3.05) is 13.2 Å². The van der Waals surface area contributed by atoms with Crippen molar-refractivity contribution in [3.05, 3.63) is 35.4 Å². The second-order valence-electron chi connectivity index (χ2n) is 5.95. The lowest BCUT2D eigenvalue weighted by atomic mass is 9.91. The van der Waals surface area contributed by atoms with Crippen LogP contribution in [0.3, 0.4) is 0 Å². The van der Waals surface area contributed by atoms with Crippen LogP contribution in [0.2, 0.25) is 0 Å². The summed E-state index contributed by atoms with van der Waals surface area (Å²) < 4.78 is 33.2. The molecule has 1 aliphatic rings. The molecule has 1 saturated heterocycles. The fourth-order valence-corrected chi connectivity index (χ4v) is 4.80. The molecule has 0 saturated carbocycles. The highest BCUT2D eigenvalue weighted by Crippen LogP contribution is 2.26. The Bertz CT molecular complexity index is 650. The second kappa shape index (κ2) is 7.23. The van der Waals surface area contributed by atoms with Gasteiger partial charge < -0.3 is 4.74 Å². The molecule has 1 aliphatic heterocycles. The highest BCUT2D eigenvalue weighted by Gasteiger charge is 2.36. The van der Waals surface area contributed by atoms with E-state index in [1.54, 1.807) is 6.07 Å². The first-order valence-corrected chi connectivity index (χ1v) is 9.05. The van der Waals surface area contributed by atoms with E-state index in [-0.39, 0.29) is 12.0 Å². The van der Waals surface area contributed by atoms with Gasteiger partial charge in [0.05, 0.1) is 23.5 Å². The van der Waals surface area contributed by atoms with Crippen LogP contribution in [0.25, 0.3) is 0 Å². The van der Waals surface area contributed by atoms with Crippen LogP contribution in [0.15, 0.2) is 24.3 Å². The Morgan fingerprint density at radius 1 is 1.41 bits per heavy atom. The van der Waals surface area contributed by atoms with Gasteiger partial charge in [0.25, 0.3) is 0 Å². The number of sulfonamides is 1. The molecule has 0 radical (unpaired) electrons. The monoisotopic (exact) mass is 322 g/mol. The Kier molecular flexibility index (Phi) is 5.57. The molecular formula is C16H22N2O3S. The Hall–Kier alpha value is -1.42. The normalized spacial score (nSPS) is 22.5. The Morgan fingerprint density at radius 3 is 2.82 bits per heavy atom. The van der Waals surface area contributed by atoms with Crippen LogP contribution in [0.1, 0.15) is 31.4 Å². The maximum absolute atomic E-state index is 12.5. The van der Waals surface area contributed by atoms with Crippen LogP contribution in [0, 0.1) is 17.2 Å². The summed E-state index contributed by atoms with van der Waals surface area (Å²) in [4.78, 5) is 0. The molecule has 22 heavy (non-hydrogen) atoms. The maximum atomic E-state index is 12.5. The molecule has 0 amide bonds. The van der Waals surface area contributed by atoms with E-state index in [1.165, 1.54) is 0 Å². The molecule has 2 atom stereocenters. The summed E-state index contributed by atoms with van der Waals surface area (Å²) in [6.45, 7) is 4.50. The number of benzene rings is 1. The van der Waals surface area contributed by atoms with E-state index >= 15 is 0 Å². The molecular weight excluding hydrogens is 300 g/mol. The highest BCUT2D eigenvalue weighted by molar-refractivity contribution is 7.90. The van der Waals surface area contributed by atoms with E-state index in [1.807, 2.05) is 32.0 Å². The van der Waals surface area contributed by atoms with Crippen molar-refractivity contribution < 1.29 is 13.2 Å². The molecule has 0 spiro atoms. The van der Waals surface area contributed by atoms with E-state index in [4.69, 9.17) is 4.74 Å². The molecule has 5 nitrogen and oxygen atoms in total. The van der Waals surface area contributed by atoms with Gasteiger partial charge in [-0.1, -0.05) is 18.2 Å². The van der Waals surface area contributed by atoms with Gasteiger partial charge in [0, 0.05) is 18.6 Å². The van der Waals surface area contributed by atoms with E-state index in [9.17, 15) is 13.7 Å². The lowest BCUT2D eigenvalue weighted by molar-refractivity contribution is 0.0569. The van der Waals surface area contributed by atoms with Crippen molar-refractivity contribution in [3.8, 4) is 6.07 Å². The molecule has 6 heteroatoms. The zero-order valence-electron chi connectivity index (χ0n) is 13.0. The number of hydrogen-bond acceptors (Lipinski definition) is 4. The molecule has 1 aromatic rings. The zero-order chi connectivity index (χ0) is 16.2. The van der Waals surface area contributed by atoms with E-state index < -0.39 is 15.3 Å². The largest absolute Gasteiger partial charge is 0.381 e. The summed E-state index contributed by atoms with van der Waals surface area (Å²) in [7, 11) is -3.38. The zero-order valence-corrected chi connectivity index (χ0v) is 13.8. The summed E-state index contributed by atoms with van der Waals surface area (Å²) in [5.74, 6) is -0.139. The van der Waals surface area contributed by atoms with Crippen LogP contribution >= 0.6 is 0 Å². The average molecular weight is 322 g/mol. The quantitative estimate of drug-likeness (QED) is 0.897. The summed E-state index contributed by atoms with van der Waals surface area (Å²) in [6.07, 6.45) is 1.02. The minimum Gasteiger partial charge on any atom is -0.381 e. The van der Waals surface area contributed by atoms with Gasteiger partial charge in [-0.15, -0.1) is 0 Å². The molecule has 1 N–H and O–H groups in total. The highest BCUT2D eigenvalue weighted by atomic mass is 32.2. The lowest BCUT2D eigenvalue weighted by Crippen LogP contribution is -2.46. The molecule has 1 aromatic carbocycles. The number of nitriles is 1. The summed E-state index contributed by atoms with van der Waals surface area (Å²) >= 11 is 0. The van der Waals surface area contributed by atoms with Gasteiger partial charge in [-0.05, 0) is 38.3 Å². The minimum absolute atomic E-state index is 0.125. The summed E-state index contributed by atoms with van der Waals surface area (Å²) in [5.41, 5.74) is 1.48. The van der Waals surface area contributed by atoms with Gasteiger partial charge in [-0.25, -0.2) is 13.1 Å². The second-order valence-corrected chi connectivity index (χ2v) is 7.88. The number of hydrogen-bond donors (Lipinski definition) is 1. The van der Waals surface area contributed by atoms with Crippen molar-refractivity contribution in [1.29, 1.82) is 5.26 Å². The standard InChI is InChI=1S/C16H22N2O3S/c1-12(2)18-22(19,20)16-7-8-21-11-15(16)9-13-5-3-4-6-14(13)10-17/h3-6,12,15-16,18H,7-9,11H2,1-2H3/t15-,16-/m0/s1. The van der Waals surface area contributed by atoms with Gasteiger partial charge in [0.1, 0.15) is 0 Å². The maximum Gasteiger partial charge on any atom is 0.215 e. The van der Waals surface area contributed by atoms with E-state index in [2.05, 4.69) is 10.8 Å². The number of nitrogens with one attached hydrogen (secondary N) is 1. The predicted molar refractivity (Wildman–Crippen MR) is 84.8 cm³/mol. The Morgan fingerprint density at radius 2 is 2.14 bits per heavy atom. The molecule has 1 heterocycles. The first-order valence-electron chi connectivity index (χ1n) is 7.51. The summed E-state index contributed by atoms with van der Waals surface area (Å²) in [6, 6.07) is 9.36. The average Bonchev–Trinajstić information content (AvgIpc) is 2.47. The van der Waals surface area contributed by atoms with Crippen LogP contribution in [-0.2, 0) is 21.2 Å². The molecule has 0 bridgehead atoms. The fourth-order valence-electron chi connectivity index (χ4n) is 2.88. The number of rotatable bonds is 5. The van der Waals surface area contributed by atoms with Crippen molar-refractivity contribution >= 4 is 10.0 Å². The topological polar surface area (TPSA) is 79.2 Å². The molecule has 2 rings (SSSR count). The van der Waals surface area contributed by atoms with Crippen molar-refractivity contribution in [3.63, 3.8) is 0 Å². The van der Waals surface area contributed by atoms with Crippen molar-refractivity contribution in [2.45, 2.75) is 38.0 Å². The SMILES string of the molecule is CC(C)NS(=O)(=O)[C@H]1CCOC[C@@H]1Cc1ccccc1C#N. The number of ether oxygens (including phenoxy) is 1. The van der Waals surface area contributed by atoms with Crippen molar-refractivity contribution in [1.82, 2.24) is 4.72 Å². The van der Waals surface area contributed by atoms with Crippen LogP contribution in [0.5, 0.6) is 0 Å². The van der Waals surface area contributed by atoms with Crippen LogP contribution in [0.4, 0.5) is 0 Å². The molecule has 0 unspecified atom stereocenters. The Balaban J connectivity index is 2.22. The first kappa shape index (κ1) is 16.9. The van der Waals surface area contributed by atoms with E-state index in [0.717, 1.165) is 5.56 Å². The van der Waals surface area contributed by atoms with Gasteiger partial charge >= 0.3 is 0 Å². The third-order valence-corrected chi connectivity index (χ3v) is 6.04.